The second-order valence-electron chi connectivity index (χ2n) is 7.28. The lowest BCUT2D eigenvalue weighted by molar-refractivity contribution is 0.212. The number of rotatable bonds is 14. The molecule has 3 nitrogen and oxygen atoms in total. The van der Waals surface area contributed by atoms with Gasteiger partial charge >= 0.3 is 9.28 Å². The van der Waals surface area contributed by atoms with Crippen molar-refractivity contribution in [3.8, 4) is 0 Å². The number of ether oxygens (including phenoxy) is 1. The molecule has 2 rings (SSSR count). The molecule has 2 fully saturated rings. The van der Waals surface area contributed by atoms with Gasteiger partial charge in [-0.25, -0.2) is 0 Å². The second kappa shape index (κ2) is 11.6. The van der Waals surface area contributed by atoms with E-state index in [1.807, 2.05) is 0 Å². The Balaban J connectivity index is 1.33. The smallest absolute Gasteiger partial charge is 0.321 e. The summed E-state index contributed by atoms with van der Waals surface area (Å²) in [6, 6.07) is 1.19. The zero-order valence-corrected chi connectivity index (χ0v) is 16.6. The molecule has 1 aliphatic carbocycles. The number of hydrogen-bond donors (Lipinski definition) is 0. The van der Waals surface area contributed by atoms with Gasteiger partial charge in [-0.15, -0.1) is 0 Å². The Bertz CT molecular complexity index is 286. The summed E-state index contributed by atoms with van der Waals surface area (Å²) in [6.45, 7) is 5.77. The molecule has 0 amide bonds. The summed E-state index contributed by atoms with van der Waals surface area (Å²) in [7, 11) is -1.33. The first-order chi connectivity index (χ1) is 11.3. The highest BCUT2D eigenvalue weighted by atomic mass is 28.3. The molecule has 136 valence electrons. The lowest BCUT2D eigenvalue weighted by atomic mass is 9.85. The highest BCUT2D eigenvalue weighted by molar-refractivity contribution is 6.44. The van der Waals surface area contributed by atoms with Crippen LogP contribution in [0.25, 0.3) is 0 Å². The molecular weight excluding hydrogens is 304 g/mol. The van der Waals surface area contributed by atoms with Gasteiger partial charge in [-0.05, 0) is 45.1 Å². The van der Waals surface area contributed by atoms with Crippen LogP contribution in [0.2, 0.25) is 6.04 Å². The van der Waals surface area contributed by atoms with E-state index in [1.54, 1.807) is 0 Å². The van der Waals surface area contributed by atoms with Gasteiger partial charge in [0.1, 0.15) is 0 Å². The van der Waals surface area contributed by atoms with Gasteiger partial charge in [0.2, 0.25) is 0 Å². The van der Waals surface area contributed by atoms with Crippen LogP contribution in [-0.2, 0) is 13.6 Å². The Morgan fingerprint density at radius 3 is 2.13 bits per heavy atom. The van der Waals surface area contributed by atoms with Gasteiger partial charge in [0.05, 0.1) is 12.2 Å². The standard InChI is InChI=1S/C19H38O3Si/c1-3-20-23(21-4-2)15-11-9-7-5-6-8-10-12-17-13-14-18-19(16-17)22-18/h17-19,23H,3-16H2,1-2H3. The zero-order valence-electron chi connectivity index (χ0n) is 15.4. The Hall–Kier alpha value is 0.0969. The molecule has 23 heavy (non-hydrogen) atoms. The first-order valence-corrected chi connectivity index (χ1v) is 12.0. The maximum Gasteiger partial charge on any atom is 0.321 e. The minimum atomic E-state index is -1.33. The molecule has 3 unspecified atom stereocenters. The molecule has 0 bridgehead atoms. The van der Waals surface area contributed by atoms with Crippen LogP contribution in [-0.4, -0.2) is 34.7 Å². The van der Waals surface area contributed by atoms with Gasteiger partial charge < -0.3 is 13.6 Å². The van der Waals surface area contributed by atoms with E-state index in [4.69, 9.17) is 13.6 Å². The van der Waals surface area contributed by atoms with Crippen LogP contribution in [0.1, 0.15) is 84.5 Å². The lowest BCUT2D eigenvalue weighted by Gasteiger charge is -2.18. The highest BCUT2D eigenvalue weighted by Crippen LogP contribution is 2.41. The average Bonchev–Trinajstić information content (AvgIpc) is 3.32. The van der Waals surface area contributed by atoms with E-state index in [-0.39, 0.29) is 0 Å². The Labute approximate surface area is 145 Å². The molecular formula is C19H38O3Si. The van der Waals surface area contributed by atoms with Crippen LogP contribution < -0.4 is 0 Å². The average molecular weight is 343 g/mol. The van der Waals surface area contributed by atoms with E-state index in [9.17, 15) is 0 Å². The Kier molecular flexibility index (Phi) is 9.81. The summed E-state index contributed by atoms with van der Waals surface area (Å²) in [5.41, 5.74) is 0. The third-order valence-corrected chi connectivity index (χ3v) is 7.66. The third-order valence-electron chi connectivity index (χ3n) is 5.37. The maximum atomic E-state index is 5.72. The molecule has 0 spiro atoms. The summed E-state index contributed by atoms with van der Waals surface area (Å²) in [5.74, 6) is 0.970. The van der Waals surface area contributed by atoms with Crippen molar-refractivity contribution in [1.82, 2.24) is 0 Å². The van der Waals surface area contributed by atoms with Crippen LogP contribution in [0.15, 0.2) is 0 Å². The van der Waals surface area contributed by atoms with Crippen LogP contribution in [0.3, 0.4) is 0 Å². The fourth-order valence-corrected chi connectivity index (χ4v) is 5.76. The molecule has 1 heterocycles. The zero-order chi connectivity index (χ0) is 16.3. The Morgan fingerprint density at radius 1 is 0.826 bits per heavy atom. The quantitative estimate of drug-likeness (QED) is 0.254. The van der Waals surface area contributed by atoms with E-state index in [2.05, 4.69) is 13.8 Å². The molecule has 4 heteroatoms. The van der Waals surface area contributed by atoms with Crippen molar-refractivity contribution in [3.05, 3.63) is 0 Å². The van der Waals surface area contributed by atoms with Gasteiger partial charge in [0, 0.05) is 13.2 Å². The summed E-state index contributed by atoms with van der Waals surface area (Å²) in [4.78, 5) is 0. The van der Waals surface area contributed by atoms with Gasteiger partial charge in [-0.2, -0.15) is 0 Å². The van der Waals surface area contributed by atoms with Crippen LogP contribution >= 0.6 is 0 Å². The van der Waals surface area contributed by atoms with E-state index in [1.165, 1.54) is 76.7 Å². The van der Waals surface area contributed by atoms with Crippen molar-refractivity contribution >= 4 is 9.28 Å². The van der Waals surface area contributed by atoms with Crippen molar-refractivity contribution in [3.63, 3.8) is 0 Å². The predicted molar refractivity (Wildman–Crippen MR) is 98.1 cm³/mol. The molecule has 3 atom stereocenters. The van der Waals surface area contributed by atoms with Crippen molar-refractivity contribution in [2.75, 3.05) is 13.2 Å². The molecule has 1 saturated heterocycles. The van der Waals surface area contributed by atoms with Gasteiger partial charge in [0.15, 0.2) is 0 Å². The minimum absolute atomic E-state index is 0.662. The number of hydrogen-bond acceptors (Lipinski definition) is 3. The van der Waals surface area contributed by atoms with Crippen molar-refractivity contribution in [2.45, 2.75) is 103 Å². The number of fused-ring (bicyclic) bond motifs is 1. The van der Waals surface area contributed by atoms with Crippen molar-refractivity contribution in [2.24, 2.45) is 5.92 Å². The second-order valence-corrected chi connectivity index (χ2v) is 9.39. The SMILES string of the molecule is CCO[SiH](CCCCCCCCCC1CCC2OC2C1)OCC. The summed E-state index contributed by atoms with van der Waals surface area (Å²) < 4.78 is 17.1. The minimum Gasteiger partial charge on any atom is -0.397 e. The summed E-state index contributed by atoms with van der Waals surface area (Å²) in [6.07, 6.45) is 16.6. The molecule has 0 aromatic carbocycles. The topological polar surface area (TPSA) is 31.0 Å². The normalized spacial score (nSPS) is 26.5. The molecule has 0 aromatic rings. The maximum absolute atomic E-state index is 5.72. The predicted octanol–water partition coefficient (Wildman–Crippen LogP) is 4.97. The molecule has 0 aromatic heterocycles. The molecule has 0 N–H and O–H groups in total. The van der Waals surface area contributed by atoms with Crippen molar-refractivity contribution < 1.29 is 13.6 Å². The summed E-state index contributed by atoms with van der Waals surface area (Å²) >= 11 is 0. The fraction of sp³-hybridized carbons (Fsp3) is 1.00. The molecule has 0 radical (unpaired) electrons. The largest absolute Gasteiger partial charge is 0.397 e. The first-order valence-electron chi connectivity index (χ1n) is 10.2. The first kappa shape index (κ1) is 19.4. The fourth-order valence-electron chi connectivity index (χ4n) is 3.96. The number of unbranched alkanes of at least 4 members (excludes halogenated alkanes) is 6. The third kappa shape index (κ3) is 8.15. The van der Waals surface area contributed by atoms with E-state index < -0.39 is 9.28 Å². The number of epoxide rings is 1. The highest BCUT2D eigenvalue weighted by Gasteiger charge is 2.43. The van der Waals surface area contributed by atoms with Gasteiger partial charge in [-0.3, -0.25) is 0 Å². The van der Waals surface area contributed by atoms with Crippen LogP contribution in [0.4, 0.5) is 0 Å². The van der Waals surface area contributed by atoms with Crippen LogP contribution in [0, 0.1) is 5.92 Å². The summed E-state index contributed by atoms with van der Waals surface area (Å²) in [5, 5.41) is 0. The van der Waals surface area contributed by atoms with E-state index in [0.717, 1.165) is 19.1 Å². The van der Waals surface area contributed by atoms with Crippen molar-refractivity contribution in [1.29, 1.82) is 0 Å². The molecule has 1 saturated carbocycles. The Morgan fingerprint density at radius 2 is 1.48 bits per heavy atom. The molecule has 1 aliphatic heterocycles. The van der Waals surface area contributed by atoms with Crippen LogP contribution in [0.5, 0.6) is 0 Å². The monoisotopic (exact) mass is 342 g/mol. The molecule has 2 aliphatic rings. The van der Waals surface area contributed by atoms with Gasteiger partial charge in [-0.1, -0.05) is 51.4 Å². The lowest BCUT2D eigenvalue weighted by Crippen LogP contribution is -2.22. The van der Waals surface area contributed by atoms with E-state index >= 15 is 0 Å². The van der Waals surface area contributed by atoms with Gasteiger partial charge in [0.25, 0.3) is 0 Å². The van der Waals surface area contributed by atoms with E-state index in [0.29, 0.717) is 12.2 Å².